The highest BCUT2D eigenvalue weighted by Gasteiger charge is 2.25. The minimum atomic E-state index is -3.05. The fourth-order valence-electron chi connectivity index (χ4n) is 3.06. The molecule has 1 saturated carbocycles. The number of ether oxygens (including phenoxy) is 1. The van der Waals surface area contributed by atoms with Gasteiger partial charge < -0.3 is 10.1 Å². The molecule has 118 valence electrons. The number of hydrogen-bond acceptors (Lipinski definition) is 4. The zero-order valence-corrected chi connectivity index (χ0v) is 13.7. The van der Waals surface area contributed by atoms with E-state index in [2.05, 4.69) is 5.32 Å². The number of hydrogen-bond donors (Lipinski definition) is 1. The molecule has 5 heteroatoms. The van der Waals surface area contributed by atoms with Crippen LogP contribution in [0.5, 0.6) is 5.75 Å². The Morgan fingerprint density at radius 1 is 1.33 bits per heavy atom. The molecule has 1 fully saturated rings. The minimum Gasteiger partial charge on any atom is -0.497 e. The molecular formula is C16H25NO3S. The van der Waals surface area contributed by atoms with Gasteiger partial charge in [0, 0.05) is 6.04 Å². The van der Waals surface area contributed by atoms with Crippen molar-refractivity contribution in [3.63, 3.8) is 0 Å². The molecule has 1 unspecified atom stereocenters. The van der Waals surface area contributed by atoms with E-state index in [-0.39, 0.29) is 11.8 Å². The van der Waals surface area contributed by atoms with Crippen molar-refractivity contribution in [2.45, 2.75) is 31.7 Å². The maximum Gasteiger partial charge on any atom is 0.152 e. The molecule has 1 aromatic carbocycles. The van der Waals surface area contributed by atoms with Crippen molar-refractivity contribution < 1.29 is 13.2 Å². The second kappa shape index (κ2) is 7.27. The van der Waals surface area contributed by atoms with Crippen molar-refractivity contribution in [3.05, 3.63) is 29.8 Å². The van der Waals surface area contributed by atoms with Crippen LogP contribution in [0, 0.1) is 5.92 Å². The zero-order chi connectivity index (χ0) is 15.3. The molecule has 4 nitrogen and oxygen atoms in total. The summed E-state index contributed by atoms with van der Waals surface area (Å²) in [7, 11) is 0.369. The smallest absolute Gasteiger partial charge is 0.152 e. The fourth-order valence-corrected chi connectivity index (χ4v) is 5.12. The van der Waals surface area contributed by atoms with Crippen molar-refractivity contribution in [2.24, 2.45) is 5.92 Å². The summed E-state index contributed by atoms with van der Waals surface area (Å²) in [5.41, 5.74) is 0.951. The first-order valence-corrected chi connectivity index (χ1v) is 9.38. The number of methoxy groups -OCH3 is 1. The van der Waals surface area contributed by atoms with Crippen LogP contribution in [0.2, 0.25) is 0 Å². The second-order valence-electron chi connectivity index (χ2n) is 5.85. The molecule has 1 atom stereocenters. The lowest BCUT2D eigenvalue weighted by Gasteiger charge is -2.19. The van der Waals surface area contributed by atoms with Gasteiger partial charge in [-0.2, -0.15) is 0 Å². The highest BCUT2D eigenvalue weighted by atomic mass is 32.2. The lowest BCUT2D eigenvalue weighted by molar-refractivity contribution is 0.413. The van der Waals surface area contributed by atoms with E-state index in [9.17, 15) is 8.42 Å². The summed E-state index contributed by atoms with van der Waals surface area (Å²) in [6.45, 7) is 0. The molecule has 0 saturated heterocycles. The van der Waals surface area contributed by atoms with Crippen molar-refractivity contribution in [1.82, 2.24) is 5.32 Å². The summed E-state index contributed by atoms with van der Waals surface area (Å²) in [5.74, 6) is 1.58. The Labute approximate surface area is 127 Å². The summed E-state index contributed by atoms with van der Waals surface area (Å²) >= 11 is 0. The lowest BCUT2D eigenvalue weighted by atomic mass is 10.1. The Bertz CT molecular complexity index is 550. The molecule has 0 aromatic heterocycles. The van der Waals surface area contributed by atoms with Gasteiger partial charge in [-0.3, -0.25) is 0 Å². The van der Waals surface area contributed by atoms with Crippen LogP contribution in [-0.2, 0) is 9.84 Å². The number of benzene rings is 1. The first kappa shape index (κ1) is 16.3. The van der Waals surface area contributed by atoms with E-state index in [0.29, 0.717) is 11.7 Å². The van der Waals surface area contributed by atoms with Crippen molar-refractivity contribution >= 4 is 9.84 Å². The average molecular weight is 311 g/mol. The van der Waals surface area contributed by atoms with Gasteiger partial charge in [0.05, 0.1) is 18.6 Å². The van der Waals surface area contributed by atoms with E-state index in [1.807, 2.05) is 24.3 Å². The van der Waals surface area contributed by atoms with E-state index in [1.54, 1.807) is 14.2 Å². The molecule has 1 N–H and O–H groups in total. The molecule has 1 aliphatic carbocycles. The van der Waals surface area contributed by atoms with Gasteiger partial charge in [0.2, 0.25) is 0 Å². The second-order valence-corrected chi connectivity index (χ2v) is 8.00. The highest BCUT2D eigenvalue weighted by Crippen LogP contribution is 2.27. The summed E-state index contributed by atoms with van der Waals surface area (Å²) in [6.07, 6.45) is 4.46. The summed E-state index contributed by atoms with van der Waals surface area (Å²) in [5, 5.41) is 3.12. The number of rotatable bonds is 7. The SMILES string of the molecule is CNC(CS(=O)(=O)CC1CCCC1)c1cccc(OC)c1. The maximum atomic E-state index is 12.4. The van der Waals surface area contributed by atoms with E-state index in [4.69, 9.17) is 4.74 Å². The van der Waals surface area contributed by atoms with Gasteiger partial charge in [0.15, 0.2) is 9.84 Å². The van der Waals surface area contributed by atoms with Crippen LogP contribution in [0.1, 0.15) is 37.3 Å². The quantitative estimate of drug-likeness (QED) is 0.841. The number of nitrogens with one attached hydrogen (secondary N) is 1. The third-order valence-electron chi connectivity index (χ3n) is 4.23. The third kappa shape index (κ3) is 4.71. The normalized spacial score (nSPS) is 17.8. The highest BCUT2D eigenvalue weighted by molar-refractivity contribution is 7.91. The zero-order valence-electron chi connectivity index (χ0n) is 12.8. The van der Waals surface area contributed by atoms with Gasteiger partial charge in [-0.15, -0.1) is 0 Å². The van der Waals surface area contributed by atoms with E-state index < -0.39 is 9.84 Å². The summed E-state index contributed by atoms with van der Waals surface area (Å²) < 4.78 is 30.0. The molecule has 0 spiro atoms. The van der Waals surface area contributed by atoms with Gasteiger partial charge in [-0.05, 0) is 43.5 Å². The topological polar surface area (TPSA) is 55.4 Å². The van der Waals surface area contributed by atoms with Crippen LogP contribution in [-0.4, -0.2) is 34.1 Å². The molecule has 21 heavy (non-hydrogen) atoms. The predicted octanol–water partition coefficient (Wildman–Crippen LogP) is 2.56. The van der Waals surface area contributed by atoms with E-state index >= 15 is 0 Å². The molecule has 2 rings (SSSR count). The van der Waals surface area contributed by atoms with Crippen molar-refractivity contribution in [1.29, 1.82) is 0 Å². The molecule has 0 amide bonds. The lowest BCUT2D eigenvalue weighted by Crippen LogP contribution is -2.28. The van der Waals surface area contributed by atoms with Crippen LogP contribution in [0.3, 0.4) is 0 Å². The Morgan fingerprint density at radius 2 is 2.05 bits per heavy atom. The molecule has 0 heterocycles. The molecule has 0 bridgehead atoms. The fraction of sp³-hybridized carbons (Fsp3) is 0.625. The average Bonchev–Trinajstić information content (AvgIpc) is 2.97. The van der Waals surface area contributed by atoms with Crippen LogP contribution in [0.25, 0.3) is 0 Å². The van der Waals surface area contributed by atoms with Crippen molar-refractivity contribution in [3.8, 4) is 5.75 Å². The molecular weight excluding hydrogens is 286 g/mol. The van der Waals surface area contributed by atoms with Crippen LogP contribution >= 0.6 is 0 Å². The summed E-state index contributed by atoms with van der Waals surface area (Å²) in [6, 6.07) is 7.40. The molecule has 1 aliphatic rings. The van der Waals surface area contributed by atoms with Gasteiger partial charge in [0.25, 0.3) is 0 Å². The van der Waals surface area contributed by atoms with Gasteiger partial charge >= 0.3 is 0 Å². The van der Waals surface area contributed by atoms with E-state index in [1.165, 1.54) is 12.8 Å². The largest absolute Gasteiger partial charge is 0.497 e. The molecule has 0 aliphatic heterocycles. The standard InChI is InChI=1S/C16H25NO3S/c1-17-16(14-8-5-9-15(10-14)20-2)12-21(18,19)11-13-6-3-4-7-13/h5,8-10,13,16-17H,3-4,6-7,11-12H2,1-2H3. The van der Waals surface area contributed by atoms with Crippen LogP contribution < -0.4 is 10.1 Å². The van der Waals surface area contributed by atoms with Crippen molar-refractivity contribution in [2.75, 3.05) is 25.7 Å². The molecule has 1 aromatic rings. The Morgan fingerprint density at radius 3 is 2.67 bits per heavy atom. The van der Waals surface area contributed by atoms with Crippen LogP contribution in [0.4, 0.5) is 0 Å². The minimum absolute atomic E-state index is 0.146. The molecule has 0 radical (unpaired) electrons. The van der Waals surface area contributed by atoms with Gasteiger partial charge in [-0.25, -0.2) is 8.42 Å². The van der Waals surface area contributed by atoms with E-state index in [0.717, 1.165) is 24.2 Å². The monoisotopic (exact) mass is 311 g/mol. The Hall–Kier alpha value is -1.07. The predicted molar refractivity (Wildman–Crippen MR) is 85.4 cm³/mol. The van der Waals surface area contributed by atoms with Gasteiger partial charge in [0.1, 0.15) is 5.75 Å². The first-order valence-electron chi connectivity index (χ1n) is 7.55. The Kier molecular flexibility index (Phi) is 5.65. The maximum absolute atomic E-state index is 12.4. The summed E-state index contributed by atoms with van der Waals surface area (Å²) in [4.78, 5) is 0. The van der Waals surface area contributed by atoms with Gasteiger partial charge in [-0.1, -0.05) is 25.0 Å². The first-order chi connectivity index (χ1) is 10.0. The van der Waals surface area contributed by atoms with Crippen LogP contribution in [0.15, 0.2) is 24.3 Å². The third-order valence-corrected chi connectivity index (χ3v) is 6.05. The Balaban J connectivity index is 2.06. The number of sulfone groups is 1.